The van der Waals surface area contributed by atoms with Crippen LogP contribution in [-0.2, 0) is 16.1 Å². The summed E-state index contributed by atoms with van der Waals surface area (Å²) >= 11 is 6.00. The molecule has 0 aromatic carbocycles. The molecule has 2 rings (SSSR count). The maximum Gasteiger partial charge on any atom is 0.242 e. The van der Waals surface area contributed by atoms with Gasteiger partial charge in [-0.1, -0.05) is 17.5 Å². The maximum absolute atomic E-state index is 11.5. The Kier molecular flexibility index (Phi) is 3.68. The van der Waals surface area contributed by atoms with Gasteiger partial charge in [0.2, 0.25) is 17.8 Å². The van der Waals surface area contributed by atoms with E-state index in [1.165, 1.54) is 20.2 Å². The zero-order valence-corrected chi connectivity index (χ0v) is 11.5. The third-order valence-corrected chi connectivity index (χ3v) is 2.76. The number of hydrogen-bond donors (Lipinski definition) is 0. The number of nitrogens with zero attached hydrogens (tertiary/aromatic N) is 5. The van der Waals surface area contributed by atoms with Crippen molar-refractivity contribution in [2.24, 2.45) is 0 Å². The third kappa shape index (κ3) is 2.33. The fraction of sp³-hybridized carbons (Fsp3) is 0.250. The van der Waals surface area contributed by atoms with Crippen LogP contribution in [0.3, 0.4) is 0 Å². The van der Waals surface area contributed by atoms with E-state index < -0.39 is 11.8 Å². The molecule has 0 N–H and O–H groups in total. The molecule has 0 atom stereocenters. The smallest absolute Gasteiger partial charge is 0.242 e. The number of hydrogen-bond acceptors (Lipinski definition) is 5. The number of carbonyl (C=O) groups excluding carboxylic acids is 2. The highest BCUT2D eigenvalue weighted by Crippen LogP contribution is 2.22. The van der Waals surface area contributed by atoms with Crippen LogP contribution in [0.2, 0.25) is 5.15 Å². The number of amides is 2. The number of aromatic nitrogens is 4. The van der Waals surface area contributed by atoms with Crippen molar-refractivity contribution in [2.45, 2.75) is 20.4 Å². The van der Waals surface area contributed by atoms with Crippen molar-refractivity contribution in [3.8, 4) is 12.3 Å². The molecule has 0 aliphatic rings. The lowest BCUT2D eigenvalue weighted by molar-refractivity contribution is -0.124. The van der Waals surface area contributed by atoms with Gasteiger partial charge in [0, 0.05) is 13.8 Å². The zero-order valence-electron chi connectivity index (χ0n) is 10.8. The van der Waals surface area contributed by atoms with Crippen molar-refractivity contribution in [1.29, 1.82) is 0 Å². The molecule has 2 heterocycles. The Morgan fingerprint density at radius 3 is 2.60 bits per heavy atom. The summed E-state index contributed by atoms with van der Waals surface area (Å²) in [5.74, 6) is 1.34. The Morgan fingerprint density at radius 1 is 1.40 bits per heavy atom. The van der Waals surface area contributed by atoms with Crippen molar-refractivity contribution in [1.82, 2.24) is 19.5 Å². The second-order valence-electron chi connectivity index (χ2n) is 3.94. The van der Waals surface area contributed by atoms with Gasteiger partial charge < -0.3 is 4.57 Å². The standard InChI is InChI=1S/C12H10ClN5O2/c1-4-5-17-6-14-9-10(13)15-12(16-11(9)17)18(7(2)19)8(3)20/h1,6H,5H2,2-3H3. The van der Waals surface area contributed by atoms with E-state index >= 15 is 0 Å². The zero-order chi connectivity index (χ0) is 14.9. The Hall–Kier alpha value is -2.46. The largest absolute Gasteiger partial charge is 0.303 e. The lowest BCUT2D eigenvalue weighted by Crippen LogP contribution is -2.34. The van der Waals surface area contributed by atoms with E-state index in [1.807, 2.05) is 0 Å². The minimum atomic E-state index is -0.504. The summed E-state index contributed by atoms with van der Waals surface area (Å²) in [6, 6.07) is 0. The molecule has 8 heteroatoms. The molecule has 7 nitrogen and oxygen atoms in total. The van der Waals surface area contributed by atoms with E-state index in [0.717, 1.165) is 4.90 Å². The number of fused-ring (bicyclic) bond motifs is 1. The Morgan fingerprint density at radius 2 is 2.05 bits per heavy atom. The fourth-order valence-corrected chi connectivity index (χ4v) is 1.93. The first-order valence-electron chi connectivity index (χ1n) is 5.58. The average Bonchev–Trinajstić information content (AvgIpc) is 2.73. The van der Waals surface area contributed by atoms with Gasteiger partial charge >= 0.3 is 0 Å². The monoisotopic (exact) mass is 291 g/mol. The molecule has 0 radical (unpaired) electrons. The highest BCUT2D eigenvalue weighted by Gasteiger charge is 2.22. The Labute approximate surface area is 119 Å². The molecule has 102 valence electrons. The molecular formula is C12H10ClN5O2. The second-order valence-corrected chi connectivity index (χ2v) is 4.29. The fourth-order valence-electron chi connectivity index (χ4n) is 1.72. The predicted molar refractivity (Wildman–Crippen MR) is 73.0 cm³/mol. The van der Waals surface area contributed by atoms with Gasteiger partial charge in [0.25, 0.3) is 0 Å². The van der Waals surface area contributed by atoms with Gasteiger partial charge in [-0.05, 0) is 0 Å². The molecule has 2 aromatic rings. The summed E-state index contributed by atoms with van der Waals surface area (Å²) in [6.45, 7) is 2.71. The van der Waals surface area contributed by atoms with Crippen LogP contribution in [0.15, 0.2) is 6.33 Å². The molecule has 20 heavy (non-hydrogen) atoms. The highest BCUT2D eigenvalue weighted by molar-refractivity contribution is 6.33. The molecule has 2 aromatic heterocycles. The molecule has 0 spiro atoms. The molecule has 0 fully saturated rings. The second kappa shape index (κ2) is 5.27. The molecule has 0 unspecified atom stereocenters. The molecule has 0 saturated heterocycles. The molecule has 2 amide bonds. The molecule has 0 aliphatic carbocycles. The van der Waals surface area contributed by atoms with Gasteiger partial charge in [0.05, 0.1) is 12.9 Å². The summed E-state index contributed by atoms with van der Waals surface area (Å²) in [5, 5.41) is 0.0493. The van der Waals surface area contributed by atoms with Gasteiger partial charge in [-0.25, -0.2) is 9.88 Å². The van der Waals surface area contributed by atoms with Crippen molar-refractivity contribution >= 4 is 40.5 Å². The van der Waals surface area contributed by atoms with Crippen LogP contribution >= 0.6 is 11.6 Å². The van der Waals surface area contributed by atoms with Gasteiger partial charge in [-0.3, -0.25) is 9.59 Å². The molecular weight excluding hydrogens is 282 g/mol. The van der Waals surface area contributed by atoms with Crippen LogP contribution in [0.4, 0.5) is 5.95 Å². The van der Waals surface area contributed by atoms with E-state index in [4.69, 9.17) is 18.0 Å². The van der Waals surface area contributed by atoms with Crippen molar-refractivity contribution in [3.05, 3.63) is 11.5 Å². The van der Waals surface area contributed by atoms with E-state index in [9.17, 15) is 9.59 Å². The quantitative estimate of drug-likeness (QED) is 0.609. The number of carbonyl (C=O) groups is 2. The van der Waals surface area contributed by atoms with E-state index in [-0.39, 0.29) is 17.6 Å². The highest BCUT2D eigenvalue weighted by atomic mass is 35.5. The van der Waals surface area contributed by atoms with E-state index in [2.05, 4.69) is 20.9 Å². The first-order chi connectivity index (χ1) is 9.45. The SMILES string of the molecule is C#CCn1cnc2c(Cl)nc(N(C(C)=O)C(C)=O)nc21. The van der Waals surface area contributed by atoms with Crippen LogP contribution in [-0.4, -0.2) is 31.3 Å². The summed E-state index contributed by atoms with van der Waals surface area (Å²) in [7, 11) is 0. The summed E-state index contributed by atoms with van der Waals surface area (Å²) in [4.78, 5) is 36.0. The van der Waals surface area contributed by atoms with Crippen LogP contribution in [0.1, 0.15) is 13.8 Å². The minimum absolute atomic E-state index is 0.0493. The Balaban J connectivity index is 2.66. The van der Waals surface area contributed by atoms with Crippen LogP contribution < -0.4 is 4.90 Å². The molecule has 0 saturated carbocycles. The first kappa shape index (κ1) is 14.0. The topological polar surface area (TPSA) is 81.0 Å². The van der Waals surface area contributed by atoms with Crippen LogP contribution in [0, 0.1) is 12.3 Å². The summed E-state index contributed by atoms with van der Waals surface area (Å²) in [6.07, 6.45) is 6.72. The van der Waals surface area contributed by atoms with Crippen molar-refractivity contribution < 1.29 is 9.59 Å². The number of imide groups is 1. The molecule has 0 aliphatic heterocycles. The van der Waals surface area contributed by atoms with Crippen molar-refractivity contribution in [2.75, 3.05) is 4.90 Å². The average molecular weight is 292 g/mol. The van der Waals surface area contributed by atoms with E-state index in [1.54, 1.807) is 4.57 Å². The predicted octanol–water partition coefficient (Wildman–Crippen LogP) is 1.01. The lowest BCUT2D eigenvalue weighted by atomic mass is 10.5. The normalized spacial score (nSPS) is 10.3. The van der Waals surface area contributed by atoms with Crippen LogP contribution in [0.5, 0.6) is 0 Å². The van der Waals surface area contributed by atoms with Gasteiger partial charge in [-0.2, -0.15) is 9.97 Å². The van der Waals surface area contributed by atoms with Gasteiger partial charge in [0.1, 0.15) is 5.52 Å². The third-order valence-electron chi connectivity index (χ3n) is 2.50. The van der Waals surface area contributed by atoms with Crippen LogP contribution in [0.25, 0.3) is 11.2 Å². The Bertz CT molecular complexity index is 732. The van der Waals surface area contributed by atoms with Gasteiger partial charge in [-0.15, -0.1) is 6.42 Å². The number of rotatable bonds is 2. The van der Waals surface area contributed by atoms with Gasteiger partial charge in [0.15, 0.2) is 10.8 Å². The summed E-state index contributed by atoms with van der Waals surface area (Å²) < 4.78 is 1.57. The number of halogens is 1. The first-order valence-corrected chi connectivity index (χ1v) is 5.96. The number of anilines is 1. The summed E-state index contributed by atoms with van der Waals surface area (Å²) in [5.41, 5.74) is 0.725. The number of imidazole rings is 1. The minimum Gasteiger partial charge on any atom is -0.303 e. The lowest BCUT2D eigenvalue weighted by Gasteiger charge is -2.14. The van der Waals surface area contributed by atoms with E-state index in [0.29, 0.717) is 11.2 Å². The maximum atomic E-state index is 11.5. The van der Waals surface area contributed by atoms with Crippen molar-refractivity contribution in [3.63, 3.8) is 0 Å². The number of terminal acetylenes is 1. The molecule has 0 bridgehead atoms.